The SMILES string of the molecule is COc1ccc(-c2cccc3c2CCC3=O)n2nc(C(OC(=O)NC3CCCCC3)C3CC3)nc12. The number of hydrogen-bond donors (Lipinski definition) is 1. The minimum Gasteiger partial charge on any atom is -0.493 e. The largest absolute Gasteiger partial charge is 0.493 e. The second-order valence-corrected chi connectivity index (χ2v) is 9.89. The summed E-state index contributed by atoms with van der Waals surface area (Å²) in [5.41, 5.74) is 4.21. The van der Waals surface area contributed by atoms with E-state index in [-0.39, 0.29) is 23.8 Å². The van der Waals surface area contributed by atoms with Crippen molar-refractivity contribution >= 4 is 17.5 Å². The first kappa shape index (κ1) is 22.1. The van der Waals surface area contributed by atoms with Crippen molar-refractivity contribution in [3.05, 3.63) is 47.3 Å². The molecule has 8 nitrogen and oxygen atoms in total. The van der Waals surface area contributed by atoms with E-state index in [1.807, 2.05) is 30.3 Å². The van der Waals surface area contributed by atoms with Gasteiger partial charge in [0.2, 0.25) is 0 Å². The summed E-state index contributed by atoms with van der Waals surface area (Å²) in [7, 11) is 1.61. The first-order valence-corrected chi connectivity index (χ1v) is 12.7. The molecular weight excluding hydrogens is 444 g/mol. The predicted octanol–water partition coefficient (Wildman–Crippen LogP) is 5.04. The topological polar surface area (TPSA) is 94.8 Å². The zero-order valence-corrected chi connectivity index (χ0v) is 20.0. The van der Waals surface area contributed by atoms with Crippen LogP contribution in [0.25, 0.3) is 16.9 Å². The van der Waals surface area contributed by atoms with E-state index in [0.717, 1.165) is 60.9 Å². The number of benzene rings is 1. The average Bonchev–Trinajstić information content (AvgIpc) is 3.51. The summed E-state index contributed by atoms with van der Waals surface area (Å²) in [5, 5.41) is 7.89. The molecule has 1 N–H and O–H groups in total. The van der Waals surface area contributed by atoms with E-state index in [1.165, 1.54) is 6.42 Å². The highest BCUT2D eigenvalue weighted by molar-refractivity contribution is 6.02. The lowest BCUT2D eigenvalue weighted by atomic mass is 9.96. The van der Waals surface area contributed by atoms with Gasteiger partial charge in [-0.1, -0.05) is 37.5 Å². The molecule has 3 aliphatic carbocycles. The second kappa shape index (κ2) is 8.98. The van der Waals surface area contributed by atoms with Gasteiger partial charge in [0.05, 0.1) is 12.8 Å². The van der Waals surface area contributed by atoms with Gasteiger partial charge in [-0.2, -0.15) is 0 Å². The molecule has 0 radical (unpaired) electrons. The zero-order valence-electron chi connectivity index (χ0n) is 20.0. The van der Waals surface area contributed by atoms with Crippen molar-refractivity contribution < 1.29 is 19.1 Å². The summed E-state index contributed by atoms with van der Waals surface area (Å²) in [4.78, 5) is 29.9. The fourth-order valence-electron chi connectivity index (χ4n) is 5.49. The van der Waals surface area contributed by atoms with Gasteiger partial charge in [-0.05, 0) is 49.8 Å². The highest BCUT2D eigenvalue weighted by Gasteiger charge is 2.39. The molecule has 1 amide bonds. The maximum Gasteiger partial charge on any atom is 0.408 e. The van der Waals surface area contributed by atoms with Crippen molar-refractivity contribution in [2.75, 3.05) is 7.11 Å². The standard InChI is InChI=1S/C27H30N4O4/c1-34-23-15-13-21(19-8-5-9-20-18(19)12-14-22(20)32)31-26(23)29-25(30-31)24(16-10-11-16)35-27(33)28-17-6-3-2-4-7-17/h5,8-9,13,15-17,24H,2-4,6-7,10-12,14H2,1H3,(H,28,33). The molecule has 3 aliphatic rings. The van der Waals surface area contributed by atoms with Crippen molar-refractivity contribution in [3.63, 3.8) is 0 Å². The highest BCUT2D eigenvalue weighted by Crippen LogP contribution is 2.43. The second-order valence-electron chi connectivity index (χ2n) is 9.89. The number of pyridine rings is 1. The van der Waals surface area contributed by atoms with Crippen molar-refractivity contribution in [2.24, 2.45) is 5.92 Å². The van der Waals surface area contributed by atoms with Gasteiger partial charge in [-0.25, -0.2) is 14.3 Å². The summed E-state index contributed by atoms with van der Waals surface area (Å²) in [6, 6.07) is 9.83. The molecule has 2 saturated carbocycles. The minimum absolute atomic E-state index is 0.178. The molecule has 0 saturated heterocycles. The summed E-state index contributed by atoms with van der Waals surface area (Å²) in [6.07, 6.45) is 7.83. The van der Waals surface area contributed by atoms with E-state index in [4.69, 9.17) is 19.6 Å². The Morgan fingerprint density at radius 1 is 1.06 bits per heavy atom. The number of amides is 1. The highest BCUT2D eigenvalue weighted by atomic mass is 16.6. The molecule has 0 spiro atoms. The molecular formula is C27H30N4O4. The third-order valence-electron chi connectivity index (χ3n) is 7.50. The molecule has 3 aromatic rings. The van der Waals surface area contributed by atoms with Crippen LogP contribution in [0.1, 0.15) is 79.2 Å². The molecule has 2 aromatic heterocycles. The van der Waals surface area contributed by atoms with E-state index < -0.39 is 6.10 Å². The Morgan fingerprint density at radius 3 is 2.63 bits per heavy atom. The van der Waals surface area contributed by atoms with E-state index in [1.54, 1.807) is 11.6 Å². The van der Waals surface area contributed by atoms with Crippen LogP contribution < -0.4 is 10.1 Å². The normalized spacial score (nSPS) is 18.9. The number of ether oxygens (including phenoxy) is 2. The summed E-state index contributed by atoms with van der Waals surface area (Å²) >= 11 is 0. The monoisotopic (exact) mass is 474 g/mol. The van der Waals surface area contributed by atoms with Crippen molar-refractivity contribution in [1.82, 2.24) is 19.9 Å². The lowest BCUT2D eigenvalue weighted by Gasteiger charge is -2.23. The number of carbonyl (C=O) groups is 2. The molecule has 1 aromatic carbocycles. The van der Waals surface area contributed by atoms with Crippen LogP contribution >= 0.6 is 0 Å². The van der Waals surface area contributed by atoms with Crippen LogP contribution in [0.15, 0.2) is 30.3 Å². The molecule has 2 fully saturated rings. The van der Waals surface area contributed by atoms with Crippen LogP contribution in [0, 0.1) is 5.92 Å². The van der Waals surface area contributed by atoms with Crippen LogP contribution in [0.4, 0.5) is 4.79 Å². The number of rotatable bonds is 6. The number of aromatic nitrogens is 3. The Bertz CT molecular complexity index is 1290. The summed E-state index contributed by atoms with van der Waals surface area (Å²) < 4.78 is 13.3. The zero-order chi connectivity index (χ0) is 23.9. The fraction of sp³-hybridized carbons (Fsp3) is 0.481. The molecule has 1 atom stereocenters. The number of nitrogens with zero attached hydrogens (tertiary/aromatic N) is 3. The maximum absolute atomic E-state index is 12.8. The number of Topliss-reactive ketones (excluding diaryl/α,β-unsaturated/α-hetero) is 1. The van der Waals surface area contributed by atoms with Gasteiger partial charge >= 0.3 is 6.09 Å². The first-order chi connectivity index (χ1) is 17.1. The van der Waals surface area contributed by atoms with Gasteiger partial charge in [0.15, 0.2) is 29.1 Å². The van der Waals surface area contributed by atoms with E-state index >= 15 is 0 Å². The molecule has 182 valence electrons. The molecule has 2 heterocycles. The van der Waals surface area contributed by atoms with Crippen LogP contribution in [0.3, 0.4) is 0 Å². The van der Waals surface area contributed by atoms with Crippen molar-refractivity contribution in [2.45, 2.75) is 69.9 Å². The fourth-order valence-corrected chi connectivity index (χ4v) is 5.49. The molecule has 35 heavy (non-hydrogen) atoms. The number of nitrogens with one attached hydrogen (secondary N) is 1. The van der Waals surface area contributed by atoms with Gasteiger partial charge in [-0.15, -0.1) is 5.10 Å². The summed E-state index contributed by atoms with van der Waals surface area (Å²) in [6.45, 7) is 0. The number of fused-ring (bicyclic) bond motifs is 2. The van der Waals surface area contributed by atoms with Gasteiger partial charge in [0.25, 0.3) is 0 Å². The number of ketones is 1. The van der Waals surface area contributed by atoms with Crippen molar-refractivity contribution in [1.29, 1.82) is 0 Å². The lowest BCUT2D eigenvalue weighted by molar-refractivity contribution is 0.0758. The molecule has 8 heteroatoms. The Kier molecular flexibility index (Phi) is 5.66. The van der Waals surface area contributed by atoms with Gasteiger partial charge in [0.1, 0.15) is 0 Å². The van der Waals surface area contributed by atoms with E-state index in [2.05, 4.69) is 5.32 Å². The first-order valence-electron chi connectivity index (χ1n) is 12.7. The van der Waals surface area contributed by atoms with E-state index in [0.29, 0.717) is 30.1 Å². The van der Waals surface area contributed by atoms with Crippen LogP contribution in [-0.4, -0.2) is 39.6 Å². The van der Waals surface area contributed by atoms with Gasteiger partial charge in [-0.3, -0.25) is 4.79 Å². The Labute approximate surface area is 204 Å². The number of alkyl carbamates (subject to hydrolysis) is 1. The summed E-state index contributed by atoms with van der Waals surface area (Å²) in [5.74, 6) is 1.48. The Hall–Kier alpha value is -3.42. The minimum atomic E-state index is -0.501. The predicted molar refractivity (Wildman–Crippen MR) is 130 cm³/mol. The smallest absolute Gasteiger partial charge is 0.408 e. The van der Waals surface area contributed by atoms with Crippen LogP contribution in [-0.2, 0) is 11.2 Å². The lowest BCUT2D eigenvalue weighted by Crippen LogP contribution is -2.37. The number of carbonyl (C=O) groups excluding carboxylic acids is 2. The van der Waals surface area contributed by atoms with Gasteiger partial charge < -0.3 is 14.8 Å². The molecule has 0 aliphatic heterocycles. The average molecular weight is 475 g/mol. The third-order valence-corrected chi connectivity index (χ3v) is 7.50. The Morgan fingerprint density at radius 2 is 1.86 bits per heavy atom. The molecule has 6 rings (SSSR count). The number of methoxy groups -OCH3 is 1. The van der Waals surface area contributed by atoms with Crippen molar-refractivity contribution in [3.8, 4) is 17.0 Å². The number of hydrogen-bond acceptors (Lipinski definition) is 6. The van der Waals surface area contributed by atoms with Crippen LogP contribution in [0.5, 0.6) is 5.75 Å². The molecule has 0 bridgehead atoms. The Balaban J connectivity index is 1.36. The third kappa shape index (κ3) is 4.15. The quantitative estimate of drug-likeness (QED) is 0.538. The van der Waals surface area contributed by atoms with E-state index in [9.17, 15) is 9.59 Å². The molecule has 1 unspecified atom stereocenters. The van der Waals surface area contributed by atoms with Crippen LogP contribution in [0.2, 0.25) is 0 Å². The van der Waals surface area contributed by atoms with Gasteiger partial charge in [0, 0.05) is 29.5 Å². The maximum atomic E-state index is 12.8.